The molecule has 2 saturated heterocycles. The van der Waals surface area contributed by atoms with Crippen LogP contribution in [0, 0.1) is 0 Å². The third-order valence-corrected chi connectivity index (χ3v) is 15.1. The fraction of sp³-hybridized carbons (Fsp3) is 0.211. The molecule has 0 spiro atoms. The summed E-state index contributed by atoms with van der Waals surface area (Å²) in [6.45, 7) is 2.65. The maximum atomic E-state index is 15.3. The summed E-state index contributed by atoms with van der Waals surface area (Å²) in [4.78, 5) is 62.6. The predicted molar refractivity (Wildman–Crippen MR) is 272 cm³/mol. The number of carbonyl (C=O) groups excluding carboxylic acids is 5. The minimum absolute atomic E-state index is 0.0449. The van der Waals surface area contributed by atoms with Crippen LogP contribution < -0.4 is 0 Å². The van der Waals surface area contributed by atoms with Crippen molar-refractivity contribution in [2.24, 2.45) is 0 Å². The van der Waals surface area contributed by atoms with E-state index in [2.05, 4.69) is 0 Å². The zero-order chi connectivity index (χ0) is 49.6. The molecule has 360 valence electrons. The Morgan fingerprint density at radius 3 is 1.11 bits per heavy atom. The first-order valence-corrected chi connectivity index (χ1v) is 24.7. The number of alkyl halides is 2. The van der Waals surface area contributed by atoms with Gasteiger partial charge in [-0.3, -0.25) is 4.79 Å². The van der Waals surface area contributed by atoms with Crippen molar-refractivity contribution < 1.29 is 56.4 Å². The van der Waals surface area contributed by atoms with E-state index in [1.807, 2.05) is 115 Å². The number of ether oxygens (including phenoxy) is 5. The van der Waals surface area contributed by atoms with Gasteiger partial charge < -0.3 is 23.7 Å². The van der Waals surface area contributed by atoms with Crippen LogP contribution in [0.4, 0.5) is 8.78 Å². The number of thioether (sulfide) groups is 2. The van der Waals surface area contributed by atoms with Crippen molar-refractivity contribution in [3.05, 3.63) is 192 Å². The topological polar surface area (TPSA) is 132 Å². The fourth-order valence-electron chi connectivity index (χ4n) is 8.52. The Kier molecular flexibility index (Phi) is 14.9. The Balaban J connectivity index is 0.000000176. The molecule has 8 aromatic carbocycles. The number of benzene rings is 8. The average molecular weight is 993 g/mol. The Bertz CT molecular complexity index is 3290. The lowest BCUT2D eigenvalue weighted by molar-refractivity contribution is -0.145. The van der Waals surface area contributed by atoms with Crippen LogP contribution in [0.15, 0.2) is 170 Å². The molecule has 10 rings (SSSR count). The van der Waals surface area contributed by atoms with E-state index < -0.39 is 70.3 Å². The summed E-state index contributed by atoms with van der Waals surface area (Å²) in [6, 6.07) is 51.4. The minimum Gasteiger partial charge on any atom is -0.461 e. The number of halogens is 2. The maximum absolute atomic E-state index is 15.3. The van der Waals surface area contributed by atoms with Crippen molar-refractivity contribution in [1.82, 2.24) is 0 Å². The molecule has 10 nitrogen and oxygen atoms in total. The minimum atomic E-state index is -1.79. The van der Waals surface area contributed by atoms with Crippen molar-refractivity contribution in [1.29, 1.82) is 0 Å². The van der Waals surface area contributed by atoms with Crippen LogP contribution in [0.3, 0.4) is 0 Å². The molecule has 0 N–H and O–H groups in total. The normalized spacial score (nSPS) is 21.5. The number of hydrogen-bond donors (Lipinski definition) is 0. The highest BCUT2D eigenvalue weighted by Gasteiger charge is 2.50. The van der Waals surface area contributed by atoms with Gasteiger partial charge in [-0.15, -0.1) is 23.5 Å². The van der Waals surface area contributed by atoms with Crippen molar-refractivity contribution in [3.63, 3.8) is 0 Å². The molecule has 2 heterocycles. The molecule has 2 aliphatic heterocycles. The van der Waals surface area contributed by atoms with Crippen molar-refractivity contribution in [3.8, 4) is 0 Å². The lowest BCUT2D eigenvalue weighted by atomic mass is 10.1. The van der Waals surface area contributed by atoms with E-state index >= 15 is 4.39 Å². The third kappa shape index (κ3) is 11.3. The molecule has 0 aromatic heterocycles. The number of rotatable bonds is 11. The quantitative estimate of drug-likeness (QED) is 0.0903. The van der Waals surface area contributed by atoms with E-state index in [-0.39, 0.29) is 24.0 Å². The Morgan fingerprint density at radius 1 is 0.423 bits per heavy atom. The monoisotopic (exact) mass is 992 g/mol. The van der Waals surface area contributed by atoms with Crippen LogP contribution in [0.5, 0.6) is 0 Å². The molecule has 0 saturated carbocycles. The van der Waals surface area contributed by atoms with Gasteiger partial charge in [0.15, 0.2) is 17.7 Å². The van der Waals surface area contributed by atoms with E-state index in [0.717, 1.165) is 54.9 Å². The van der Waals surface area contributed by atoms with Gasteiger partial charge in [0.25, 0.3) is 0 Å². The van der Waals surface area contributed by atoms with Gasteiger partial charge >= 0.3 is 29.8 Å². The lowest BCUT2D eigenvalue weighted by Crippen LogP contribution is -2.37. The van der Waals surface area contributed by atoms with Crippen LogP contribution in [-0.2, 0) is 28.5 Å². The first-order chi connectivity index (χ1) is 34.4. The molecule has 0 radical (unpaired) electrons. The van der Waals surface area contributed by atoms with Gasteiger partial charge in [0.05, 0.1) is 32.8 Å². The van der Waals surface area contributed by atoms with Gasteiger partial charge in [-0.2, -0.15) is 0 Å². The number of carbonyl (C=O) groups is 5. The van der Waals surface area contributed by atoms with E-state index in [1.165, 1.54) is 18.7 Å². The van der Waals surface area contributed by atoms with E-state index in [4.69, 9.17) is 23.7 Å². The molecule has 0 bridgehead atoms. The van der Waals surface area contributed by atoms with Crippen LogP contribution in [0.25, 0.3) is 43.1 Å². The second-order valence-electron chi connectivity index (χ2n) is 17.1. The summed E-state index contributed by atoms with van der Waals surface area (Å²) in [6.07, 6.45) is -5.41. The molecule has 8 aromatic rings. The van der Waals surface area contributed by atoms with Gasteiger partial charge in [-0.25, -0.2) is 28.0 Å². The third-order valence-electron chi connectivity index (χ3n) is 12.2. The molecule has 2 fully saturated rings. The Hall–Kier alpha value is -7.29. The summed E-state index contributed by atoms with van der Waals surface area (Å²) in [5, 5.41) is 5.90. The second-order valence-corrected chi connectivity index (χ2v) is 20.1. The molecule has 14 heteroatoms. The number of hydrogen-bond acceptors (Lipinski definition) is 12. The first-order valence-electron chi connectivity index (χ1n) is 22.9. The van der Waals surface area contributed by atoms with Crippen LogP contribution >= 0.6 is 23.5 Å². The summed E-state index contributed by atoms with van der Waals surface area (Å²) < 4.78 is 57.5. The molecule has 0 amide bonds. The summed E-state index contributed by atoms with van der Waals surface area (Å²) >= 11 is 2.29. The highest BCUT2D eigenvalue weighted by Crippen LogP contribution is 2.41. The van der Waals surface area contributed by atoms with Crippen molar-refractivity contribution in [2.75, 3.05) is 13.2 Å². The number of esters is 5. The van der Waals surface area contributed by atoms with Crippen molar-refractivity contribution >= 4 is 96.5 Å². The Morgan fingerprint density at radius 2 is 0.746 bits per heavy atom. The smallest absolute Gasteiger partial charge is 0.338 e. The largest absolute Gasteiger partial charge is 0.461 e. The van der Waals surface area contributed by atoms with Gasteiger partial charge in [-0.05, 0) is 91.6 Å². The second kappa shape index (κ2) is 21.8. The Labute approximate surface area is 415 Å². The SMILES string of the molecule is CC(=O)O[C@@H]1S[C@H](COC(=O)c2ccc3ccccc3c2)[C@@H](OC(=O)c2ccc3ccccc3c2)[C@@H]1F.C[C@H]1S[C@H](COC(=O)c2ccc3ccccc3c2)[C@@H](OC(=O)c2ccc3ccccc3c2)[C@@H]1F. The molecule has 0 unspecified atom stereocenters. The highest BCUT2D eigenvalue weighted by atomic mass is 32.2. The zero-order valence-corrected chi connectivity index (χ0v) is 40.0. The van der Waals surface area contributed by atoms with E-state index in [0.29, 0.717) is 16.7 Å². The number of fused-ring (bicyclic) bond motifs is 4. The average Bonchev–Trinajstić information content (AvgIpc) is 3.83. The molecule has 2 aliphatic rings. The molecular weight excluding hydrogens is 947 g/mol. The summed E-state index contributed by atoms with van der Waals surface area (Å²) in [5.74, 6) is -3.03. The molecule has 0 aliphatic carbocycles. The molecular formula is C57H46F2O10S2. The lowest BCUT2D eigenvalue weighted by Gasteiger charge is -2.21. The zero-order valence-electron chi connectivity index (χ0n) is 38.4. The van der Waals surface area contributed by atoms with E-state index in [1.54, 1.807) is 61.5 Å². The standard InChI is InChI=1S/C29H23FO6S.C28H23FO4S/c1-17(31)35-29-25(30)26(36-28(33)23-13-11-19-7-3-5-9-21(19)15-23)24(37-29)16-34-27(32)22-12-10-18-6-2-4-8-20(18)14-22;1-17-25(29)26(33-28(31)23-13-11-19-7-3-5-9-21(19)15-23)24(34-17)16-32-27(30)22-12-10-18-6-2-4-8-20(18)14-22/h2-15,24-26,29H,16H2,1H3;2-15,17,24-26H,16H2,1H3/t24-,25+,26-,29-;17-,24-,25-,26-/m11/s1. The fourth-order valence-corrected chi connectivity index (χ4v) is 11.2. The van der Waals surface area contributed by atoms with Gasteiger partial charge in [0.2, 0.25) is 0 Å². The summed E-state index contributed by atoms with van der Waals surface area (Å²) in [5.41, 5.74) is 0.216. The van der Waals surface area contributed by atoms with E-state index in [9.17, 15) is 28.4 Å². The van der Waals surface area contributed by atoms with Gasteiger partial charge in [0.1, 0.15) is 25.5 Å². The molecule has 71 heavy (non-hydrogen) atoms. The molecule has 8 atom stereocenters. The van der Waals surface area contributed by atoms with Gasteiger partial charge in [0, 0.05) is 12.2 Å². The van der Waals surface area contributed by atoms with Crippen LogP contribution in [0.2, 0.25) is 0 Å². The van der Waals surface area contributed by atoms with Crippen LogP contribution in [-0.4, -0.2) is 88.8 Å². The maximum Gasteiger partial charge on any atom is 0.338 e. The highest BCUT2D eigenvalue weighted by molar-refractivity contribution is 8.01. The first kappa shape index (κ1) is 48.7. The summed E-state index contributed by atoms with van der Waals surface area (Å²) in [7, 11) is 0. The van der Waals surface area contributed by atoms with Crippen LogP contribution in [0.1, 0.15) is 55.3 Å². The predicted octanol–water partition coefficient (Wildman–Crippen LogP) is 11.9. The van der Waals surface area contributed by atoms with Gasteiger partial charge in [-0.1, -0.05) is 128 Å². The van der Waals surface area contributed by atoms with Crippen molar-refractivity contribution in [2.45, 2.75) is 59.6 Å².